The first-order valence-electron chi connectivity index (χ1n) is 12.6. The van der Waals surface area contributed by atoms with E-state index in [1.165, 1.54) is 17.8 Å². The molecule has 0 aromatic carbocycles. The highest BCUT2D eigenvalue weighted by atomic mass is 35.5. The average molecular weight is 634 g/mol. The van der Waals surface area contributed by atoms with E-state index in [1.54, 1.807) is 13.8 Å². The molecule has 17 heteroatoms. The molecule has 1 atom stereocenters. The minimum atomic E-state index is -4.87. The van der Waals surface area contributed by atoms with Gasteiger partial charge in [0.2, 0.25) is 5.91 Å². The fourth-order valence-corrected chi connectivity index (χ4v) is 6.05. The molecular weight excluding hydrogens is 612 g/mol. The van der Waals surface area contributed by atoms with Crippen molar-refractivity contribution in [1.82, 2.24) is 24.5 Å². The molecule has 1 aliphatic rings. The van der Waals surface area contributed by atoms with E-state index in [9.17, 15) is 35.9 Å². The first kappa shape index (κ1) is 29.8. The van der Waals surface area contributed by atoms with Gasteiger partial charge in [0, 0.05) is 29.6 Å². The molecule has 1 saturated carbocycles. The Kier molecular flexibility index (Phi) is 7.28. The smallest absolute Gasteiger partial charge is 0.365 e. The number of anilines is 1. The number of carbonyl (C=O) groups is 2. The number of alkyl halides is 6. The number of hydrogen-bond donors (Lipinski definition) is 2. The van der Waals surface area contributed by atoms with Crippen molar-refractivity contribution in [2.45, 2.75) is 64.5 Å². The van der Waals surface area contributed by atoms with Crippen LogP contribution in [0.4, 0.5) is 32.0 Å². The van der Waals surface area contributed by atoms with Gasteiger partial charge in [-0.1, -0.05) is 11.6 Å². The van der Waals surface area contributed by atoms with Crippen molar-refractivity contribution in [1.29, 1.82) is 0 Å². The first-order valence-corrected chi connectivity index (χ1v) is 13.8. The van der Waals surface area contributed by atoms with Crippen LogP contribution < -0.4 is 11.1 Å². The number of nitrogens with one attached hydrogen (secondary N) is 1. The van der Waals surface area contributed by atoms with Crippen LogP contribution in [-0.2, 0) is 23.7 Å². The van der Waals surface area contributed by atoms with Gasteiger partial charge in [0.15, 0.2) is 5.69 Å². The van der Waals surface area contributed by atoms with E-state index in [0.717, 1.165) is 10.7 Å². The number of nitrogens with zero attached hydrogens (tertiary/aromatic N) is 5. The maximum absolute atomic E-state index is 13.8. The summed E-state index contributed by atoms with van der Waals surface area (Å²) < 4.78 is 84.7. The largest absolute Gasteiger partial charge is 0.436 e. The van der Waals surface area contributed by atoms with Crippen molar-refractivity contribution >= 4 is 50.7 Å². The summed E-state index contributed by atoms with van der Waals surface area (Å²) in [5, 5.41) is 9.80. The molecule has 9 nitrogen and oxygen atoms in total. The molecule has 4 aromatic heterocycles. The van der Waals surface area contributed by atoms with Gasteiger partial charge >= 0.3 is 12.4 Å². The Morgan fingerprint density at radius 1 is 1.17 bits per heavy atom. The number of amides is 2. The third kappa shape index (κ3) is 5.21. The lowest BCUT2D eigenvalue weighted by Gasteiger charge is -2.17. The van der Waals surface area contributed by atoms with Crippen molar-refractivity contribution in [3.05, 3.63) is 44.9 Å². The average Bonchev–Trinajstić information content (AvgIpc) is 3.41. The maximum atomic E-state index is 13.8. The summed E-state index contributed by atoms with van der Waals surface area (Å²) in [6, 6.07) is -0.572. The van der Waals surface area contributed by atoms with Crippen LogP contribution in [0.5, 0.6) is 0 Å². The van der Waals surface area contributed by atoms with Gasteiger partial charge in [0.05, 0.1) is 22.1 Å². The van der Waals surface area contributed by atoms with Crippen molar-refractivity contribution in [2.75, 3.05) is 5.32 Å². The quantitative estimate of drug-likeness (QED) is 0.224. The second-order valence-corrected chi connectivity index (χ2v) is 11.2. The number of hydrogen-bond acceptors (Lipinski definition) is 6. The fraction of sp³-hybridized carbons (Fsp3) is 0.400. The number of carbonyl (C=O) groups excluding carboxylic acids is 2. The zero-order valence-corrected chi connectivity index (χ0v) is 23.7. The van der Waals surface area contributed by atoms with Gasteiger partial charge in [-0.25, -0.2) is 4.98 Å². The molecule has 2 amide bonds. The first-order chi connectivity index (χ1) is 19.5. The Morgan fingerprint density at radius 3 is 2.36 bits per heavy atom. The molecule has 4 aromatic rings. The Hall–Kier alpha value is -3.66. The zero-order valence-electron chi connectivity index (χ0n) is 22.1. The van der Waals surface area contributed by atoms with Crippen LogP contribution in [0.2, 0.25) is 5.02 Å². The monoisotopic (exact) mass is 633 g/mol. The Bertz CT molecular complexity index is 1740. The van der Waals surface area contributed by atoms with E-state index in [0.29, 0.717) is 36.4 Å². The summed E-state index contributed by atoms with van der Waals surface area (Å²) in [5.41, 5.74) is 3.45. The van der Waals surface area contributed by atoms with Gasteiger partial charge in [-0.3, -0.25) is 19.0 Å². The normalized spacial score (nSPS) is 14.9. The molecule has 0 bridgehead atoms. The Balaban J connectivity index is 1.67. The standard InChI is InChI=1S/C25H22ClF6N7O2S/c1-4-38-8-13(9(2)36-38)12-7-14(24(27,28)29)34-23-15(12)17(19(42-23)21(33)40)35-22(41)10(3)39-18(11-5-6-11)16(26)20(37-39)25(30,31)32/h7-8,10-11H,4-6H2,1-3H3,(H2,33,40)(H,35,41). The number of halogens is 7. The van der Waals surface area contributed by atoms with Crippen molar-refractivity contribution in [3.63, 3.8) is 0 Å². The number of nitrogens with two attached hydrogens (primary N) is 1. The molecule has 1 aliphatic carbocycles. The van der Waals surface area contributed by atoms with Crippen LogP contribution in [0.1, 0.15) is 71.1 Å². The minimum Gasteiger partial charge on any atom is -0.365 e. The fourth-order valence-electron chi connectivity index (χ4n) is 4.66. The van der Waals surface area contributed by atoms with E-state index in [4.69, 9.17) is 17.3 Å². The molecule has 0 spiro atoms. The van der Waals surface area contributed by atoms with Crippen LogP contribution >= 0.6 is 22.9 Å². The van der Waals surface area contributed by atoms with Crippen molar-refractivity contribution in [3.8, 4) is 11.1 Å². The number of primary amides is 1. The predicted molar refractivity (Wildman–Crippen MR) is 142 cm³/mol. The van der Waals surface area contributed by atoms with Crippen LogP contribution in [0, 0.1) is 6.92 Å². The van der Waals surface area contributed by atoms with Gasteiger partial charge in [-0.05, 0) is 45.2 Å². The SMILES string of the molecule is CCn1cc(-c2cc(C(F)(F)F)nc3sc(C(N)=O)c(NC(=O)C(C)n4nc(C(F)(F)F)c(Cl)c4C4CC4)c23)c(C)n1. The molecule has 42 heavy (non-hydrogen) atoms. The Morgan fingerprint density at radius 2 is 1.83 bits per heavy atom. The minimum absolute atomic E-state index is 0.00185. The lowest BCUT2D eigenvalue weighted by Crippen LogP contribution is -2.27. The molecule has 1 unspecified atom stereocenters. The van der Waals surface area contributed by atoms with Crippen molar-refractivity contribution in [2.24, 2.45) is 5.73 Å². The third-order valence-electron chi connectivity index (χ3n) is 6.85. The highest BCUT2D eigenvalue weighted by molar-refractivity contribution is 7.21. The lowest BCUT2D eigenvalue weighted by atomic mass is 10.0. The summed E-state index contributed by atoms with van der Waals surface area (Å²) in [5.74, 6) is -2.28. The summed E-state index contributed by atoms with van der Waals surface area (Å²) >= 11 is 6.60. The van der Waals surface area contributed by atoms with Gasteiger partial charge in [0.25, 0.3) is 5.91 Å². The molecular formula is C25H22ClF6N7O2S. The van der Waals surface area contributed by atoms with Gasteiger partial charge in [-0.15, -0.1) is 11.3 Å². The third-order valence-corrected chi connectivity index (χ3v) is 8.32. The molecule has 3 N–H and O–H groups in total. The van der Waals surface area contributed by atoms with Gasteiger partial charge in [0.1, 0.15) is 21.4 Å². The number of aryl methyl sites for hydroxylation is 2. The molecule has 5 rings (SSSR count). The van der Waals surface area contributed by atoms with Gasteiger partial charge < -0.3 is 11.1 Å². The van der Waals surface area contributed by atoms with Crippen LogP contribution in [0.15, 0.2) is 12.3 Å². The zero-order chi connectivity index (χ0) is 30.9. The van der Waals surface area contributed by atoms with E-state index < -0.39 is 46.6 Å². The maximum Gasteiger partial charge on any atom is 0.436 e. The topological polar surface area (TPSA) is 121 Å². The molecule has 1 fully saturated rings. The highest BCUT2D eigenvalue weighted by Gasteiger charge is 2.43. The molecule has 4 heterocycles. The van der Waals surface area contributed by atoms with Crippen molar-refractivity contribution < 1.29 is 35.9 Å². The lowest BCUT2D eigenvalue weighted by molar-refractivity contribution is -0.142. The van der Waals surface area contributed by atoms with Crippen LogP contribution in [-0.4, -0.2) is 36.4 Å². The second kappa shape index (κ2) is 10.3. The van der Waals surface area contributed by atoms with Gasteiger partial charge in [-0.2, -0.15) is 36.5 Å². The number of pyridine rings is 1. The second-order valence-electron chi connectivity index (χ2n) is 9.82. The molecule has 0 radical (unpaired) electrons. The Labute approximate surface area is 242 Å². The number of rotatable bonds is 7. The highest BCUT2D eigenvalue weighted by Crippen LogP contribution is 2.48. The summed E-state index contributed by atoms with van der Waals surface area (Å²) in [6.07, 6.45) is -7.09. The van der Waals surface area contributed by atoms with E-state index in [2.05, 4.69) is 20.5 Å². The molecule has 0 saturated heterocycles. The molecule has 0 aliphatic heterocycles. The van der Waals surface area contributed by atoms with E-state index in [-0.39, 0.29) is 43.5 Å². The van der Waals surface area contributed by atoms with E-state index >= 15 is 0 Å². The van der Waals surface area contributed by atoms with Crippen LogP contribution in [0.25, 0.3) is 21.3 Å². The predicted octanol–water partition coefficient (Wildman–Crippen LogP) is 6.55. The van der Waals surface area contributed by atoms with E-state index in [1.807, 2.05) is 0 Å². The summed E-state index contributed by atoms with van der Waals surface area (Å²) in [7, 11) is 0. The summed E-state index contributed by atoms with van der Waals surface area (Å²) in [6.45, 7) is 5.07. The summed E-state index contributed by atoms with van der Waals surface area (Å²) in [4.78, 5) is 29.1. The number of aromatic nitrogens is 5. The van der Waals surface area contributed by atoms with Crippen LogP contribution in [0.3, 0.4) is 0 Å². The molecule has 224 valence electrons. The number of thiophene rings is 1. The number of fused-ring (bicyclic) bond motifs is 1.